The lowest BCUT2D eigenvalue weighted by Crippen LogP contribution is -1.63. The Labute approximate surface area is 106 Å². The molecule has 3 nitrogen and oxygen atoms in total. The summed E-state index contributed by atoms with van der Waals surface area (Å²) in [6.45, 7) is 0. The number of benzene rings is 2. The van der Waals surface area contributed by atoms with Crippen LogP contribution < -0.4 is 0 Å². The van der Waals surface area contributed by atoms with Gasteiger partial charge in [-0.1, -0.05) is 30.3 Å². The van der Waals surface area contributed by atoms with Gasteiger partial charge in [-0.15, -0.1) is 12.4 Å². The van der Waals surface area contributed by atoms with Gasteiger partial charge in [0, 0.05) is 0 Å². The van der Waals surface area contributed by atoms with E-state index in [9.17, 15) is 0 Å². The number of hydrogen-bond acceptors (Lipinski definition) is 2. The highest BCUT2D eigenvalue weighted by atomic mass is 35.5. The van der Waals surface area contributed by atoms with Gasteiger partial charge in [0.15, 0.2) is 0 Å². The Morgan fingerprint density at radius 2 is 1.53 bits per heavy atom. The topological polar surface area (TPSA) is 48.9 Å². The average molecular weight is 249 g/mol. The van der Waals surface area contributed by atoms with Crippen molar-refractivity contribution in [2.45, 2.75) is 0 Å². The fourth-order valence-corrected chi connectivity index (χ4v) is 1.31. The third-order valence-corrected chi connectivity index (χ3v) is 2.08. The van der Waals surface area contributed by atoms with Gasteiger partial charge >= 0.3 is 0 Å². The molecule has 88 valence electrons. The minimum atomic E-state index is 0. The Morgan fingerprint density at radius 1 is 0.882 bits per heavy atom. The predicted octanol–water partition coefficient (Wildman–Crippen LogP) is 3.38. The van der Waals surface area contributed by atoms with Crippen LogP contribution in [0, 0.1) is 0 Å². The van der Waals surface area contributed by atoms with Crippen molar-refractivity contribution in [3.05, 3.63) is 60.9 Å². The zero-order chi connectivity index (χ0) is 11.2. The molecular formula is C13H13ClN2O. The van der Waals surface area contributed by atoms with E-state index in [1.807, 2.05) is 30.3 Å². The zero-order valence-electron chi connectivity index (χ0n) is 9.08. The van der Waals surface area contributed by atoms with Gasteiger partial charge in [-0.05, 0) is 24.3 Å². The van der Waals surface area contributed by atoms with Gasteiger partial charge in [0.05, 0.1) is 17.4 Å². The number of imidazole rings is 1. The molecule has 0 unspecified atom stereocenters. The van der Waals surface area contributed by atoms with E-state index in [0.29, 0.717) is 5.75 Å². The van der Waals surface area contributed by atoms with Crippen molar-refractivity contribution in [3.8, 4) is 5.75 Å². The van der Waals surface area contributed by atoms with Crippen LogP contribution in [0.1, 0.15) is 0 Å². The maximum Gasteiger partial charge on any atom is 0.115 e. The first-order valence-corrected chi connectivity index (χ1v) is 4.98. The lowest BCUT2D eigenvalue weighted by Gasteiger charge is -1.82. The summed E-state index contributed by atoms with van der Waals surface area (Å²) in [5.74, 6) is 0.322. The summed E-state index contributed by atoms with van der Waals surface area (Å²) in [5.41, 5.74) is 2.12. The smallest absolute Gasteiger partial charge is 0.115 e. The van der Waals surface area contributed by atoms with E-state index in [0.717, 1.165) is 11.0 Å². The van der Waals surface area contributed by atoms with Crippen LogP contribution in [0.2, 0.25) is 0 Å². The molecule has 3 aromatic rings. The number of aromatic amines is 1. The van der Waals surface area contributed by atoms with Crippen LogP contribution in [0.5, 0.6) is 5.75 Å². The summed E-state index contributed by atoms with van der Waals surface area (Å²) in [6.07, 6.45) is 1.70. The lowest BCUT2D eigenvalue weighted by atomic mass is 10.3. The Hall–Kier alpha value is -2.00. The third-order valence-electron chi connectivity index (χ3n) is 2.08. The average Bonchev–Trinajstić information content (AvgIpc) is 2.79. The second-order valence-corrected chi connectivity index (χ2v) is 3.26. The van der Waals surface area contributed by atoms with Crippen molar-refractivity contribution in [2.24, 2.45) is 0 Å². The zero-order valence-corrected chi connectivity index (χ0v) is 9.89. The van der Waals surface area contributed by atoms with E-state index in [1.165, 1.54) is 0 Å². The number of aromatic nitrogens is 2. The quantitative estimate of drug-likeness (QED) is 0.641. The van der Waals surface area contributed by atoms with E-state index >= 15 is 0 Å². The van der Waals surface area contributed by atoms with Gasteiger partial charge in [-0.25, -0.2) is 4.98 Å². The summed E-state index contributed by atoms with van der Waals surface area (Å²) in [6, 6.07) is 16.7. The number of aromatic hydroxyl groups is 1. The first kappa shape index (κ1) is 13.1. The number of hydrogen-bond donors (Lipinski definition) is 2. The number of phenolic OH excluding ortho intramolecular Hbond substituents is 1. The largest absolute Gasteiger partial charge is 0.508 e. The number of phenols is 1. The Morgan fingerprint density at radius 3 is 2.12 bits per heavy atom. The fourth-order valence-electron chi connectivity index (χ4n) is 1.31. The van der Waals surface area contributed by atoms with Crippen LogP contribution in [0.3, 0.4) is 0 Å². The van der Waals surface area contributed by atoms with Crippen molar-refractivity contribution < 1.29 is 5.11 Å². The molecule has 0 saturated heterocycles. The molecule has 0 atom stereocenters. The molecule has 2 N–H and O–H groups in total. The molecule has 1 aromatic heterocycles. The summed E-state index contributed by atoms with van der Waals surface area (Å²) in [5, 5.41) is 8.63. The van der Waals surface area contributed by atoms with E-state index in [2.05, 4.69) is 9.97 Å². The van der Waals surface area contributed by atoms with Crippen LogP contribution in [0.4, 0.5) is 0 Å². The normalized spacial score (nSPS) is 8.94. The maximum absolute atomic E-state index is 8.63. The number of halogens is 1. The first-order chi connectivity index (χ1) is 7.86. The number of para-hydroxylation sites is 3. The summed E-state index contributed by atoms with van der Waals surface area (Å²) >= 11 is 0. The molecule has 4 heteroatoms. The van der Waals surface area contributed by atoms with Gasteiger partial charge in [-0.3, -0.25) is 0 Å². The van der Waals surface area contributed by atoms with Gasteiger partial charge < -0.3 is 10.1 Å². The number of nitrogens with one attached hydrogen (secondary N) is 1. The van der Waals surface area contributed by atoms with E-state index in [1.54, 1.807) is 30.6 Å². The highest BCUT2D eigenvalue weighted by Gasteiger charge is 1.88. The first-order valence-electron chi connectivity index (χ1n) is 4.98. The highest BCUT2D eigenvalue weighted by Crippen LogP contribution is 2.05. The molecule has 2 aromatic carbocycles. The van der Waals surface area contributed by atoms with E-state index < -0.39 is 0 Å². The molecule has 0 amide bonds. The minimum absolute atomic E-state index is 0. The molecule has 0 aliphatic heterocycles. The molecule has 0 aliphatic carbocycles. The minimum Gasteiger partial charge on any atom is -0.508 e. The number of fused-ring (bicyclic) bond motifs is 1. The highest BCUT2D eigenvalue weighted by molar-refractivity contribution is 5.85. The van der Waals surface area contributed by atoms with Crippen LogP contribution in [-0.2, 0) is 0 Å². The van der Waals surface area contributed by atoms with Crippen LogP contribution in [0.25, 0.3) is 11.0 Å². The van der Waals surface area contributed by atoms with Gasteiger partial charge in [-0.2, -0.15) is 0 Å². The SMILES string of the molecule is Cl.Oc1ccccc1.c1ccc2[nH]cnc2c1. The van der Waals surface area contributed by atoms with E-state index in [4.69, 9.17) is 5.11 Å². The molecule has 0 fully saturated rings. The second-order valence-electron chi connectivity index (χ2n) is 3.26. The molecule has 1 heterocycles. The molecular weight excluding hydrogens is 236 g/mol. The van der Waals surface area contributed by atoms with Crippen molar-refractivity contribution in [2.75, 3.05) is 0 Å². The molecule has 0 aliphatic rings. The monoisotopic (exact) mass is 248 g/mol. The van der Waals surface area contributed by atoms with Crippen molar-refractivity contribution in [1.29, 1.82) is 0 Å². The summed E-state index contributed by atoms with van der Waals surface area (Å²) in [4.78, 5) is 7.07. The van der Waals surface area contributed by atoms with Crippen molar-refractivity contribution in [1.82, 2.24) is 9.97 Å². The van der Waals surface area contributed by atoms with Gasteiger partial charge in [0.1, 0.15) is 5.75 Å². The summed E-state index contributed by atoms with van der Waals surface area (Å²) in [7, 11) is 0. The van der Waals surface area contributed by atoms with Gasteiger partial charge in [0.2, 0.25) is 0 Å². The molecule has 17 heavy (non-hydrogen) atoms. The third kappa shape index (κ3) is 3.81. The van der Waals surface area contributed by atoms with Crippen LogP contribution in [0.15, 0.2) is 60.9 Å². The molecule has 0 bridgehead atoms. The fraction of sp³-hybridized carbons (Fsp3) is 0. The number of H-pyrrole nitrogens is 1. The second kappa shape index (κ2) is 6.55. The van der Waals surface area contributed by atoms with Crippen LogP contribution in [-0.4, -0.2) is 15.1 Å². The molecule has 0 radical (unpaired) electrons. The van der Waals surface area contributed by atoms with Gasteiger partial charge in [0.25, 0.3) is 0 Å². The number of rotatable bonds is 0. The van der Waals surface area contributed by atoms with Crippen LogP contribution >= 0.6 is 12.4 Å². The predicted molar refractivity (Wildman–Crippen MR) is 71.4 cm³/mol. The van der Waals surface area contributed by atoms with Crippen molar-refractivity contribution >= 4 is 23.4 Å². The standard InChI is InChI=1S/C7H6N2.C6H6O.ClH/c1-2-4-7-6(3-1)8-5-9-7;7-6-4-2-1-3-5-6;/h1-5H,(H,8,9);1-5,7H;1H. The van der Waals surface area contributed by atoms with Crippen molar-refractivity contribution in [3.63, 3.8) is 0 Å². The lowest BCUT2D eigenvalue weighted by molar-refractivity contribution is 0.475. The molecule has 3 rings (SSSR count). The number of nitrogens with zero attached hydrogens (tertiary/aromatic N) is 1. The Balaban J connectivity index is 0.000000166. The molecule has 0 spiro atoms. The maximum atomic E-state index is 8.63. The molecule has 0 saturated carbocycles. The summed E-state index contributed by atoms with van der Waals surface area (Å²) < 4.78 is 0. The van der Waals surface area contributed by atoms with E-state index in [-0.39, 0.29) is 12.4 Å². The Kier molecular flexibility index (Phi) is 5.04. The Bertz CT molecular complexity index is 521.